The first-order chi connectivity index (χ1) is 19.4. The molecule has 0 bridgehead atoms. The van der Waals surface area contributed by atoms with Gasteiger partial charge in [-0.2, -0.15) is 10.4 Å². The highest BCUT2D eigenvalue weighted by atomic mass is 16.5. The lowest BCUT2D eigenvalue weighted by Gasteiger charge is -2.29. The van der Waals surface area contributed by atoms with E-state index in [4.69, 9.17) is 9.47 Å². The number of benzene rings is 2. The molecule has 11 heteroatoms. The maximum absolute atomic E-state index is 12.9. The van der Waals surface area contributed by atoms with Gasteiger partial charge in [0.1, 0.15) is 29.7 Å². The molecular formula is C29H28N6O5. The lowest BCUT2D eigenvalue weighted by Crippen LogP contribution is -2.52. The number of likely N-dealkylation sites (tertiary alicyclic amines) is 1. The zero-order valence-electron chi connectivity index (χ0n) is 22.0. The van der Waals surface area contributed by atoms with Crippen LogP contribution >= 0.6 is 0 Å². The van der Waals surface area contributed by atoms with Crippen LogP contribution in [0.15, 0.2) is 48.8 Å². The zero-order chi connectivity index (χ0) is 27.8. The Hall–Kier alpha value is -4.69. The number of carbonyl (C=O) groups excluding carboxylic acids is 3. The number of ether oxygens (including phenoxy) is 2. The van der Waals surface area contributed by atoms with E-state index in [1.807, 2.05) is 30.6 Å². The fourth-order valence-corrected chi connectivity index (χ4v) is 5.62. The van der Waals surface area contributed by atoms with Gasteiger partial charge < -0.3 is 14.4 Å². The first kappa shape index (κ1) is 25.6. The van der Waals surface area contributed by atoms with Gasteiger partial charge in [-0.25, -0.2) is 4.68 Å². The summed E-state index contributed by atoms with van der Waals surface area (Å²) in [6, 6.07) is 12.4. The first-order valence-corrected chi connectivity index (χ1v) is 13.2. The fourth-order valence-electron chi connectivity index (χ4n) is 5.62. The summed E-state index contributed by atoms with van der Waals surface area (Å²) >= 11 is 0. The number of rotatable bonds is 7. The maximum Gasteiger partial charge on any atom is 0.255 e. The number of imide groups is 1. The van der Waals surface area contributed by atoms with Crippen LogP contribution in [0.2, 0.25) is 0 Å². The average Bonchev–Trinajstić information content (AvgIpc) is 3.68. The minimum Gasteiger partial charge on any atom is -0.495 e. The fraction of sp³-hybridized carbons (Fsp3) is 0.345. The van der Waals surface area contributed by atoms with Gasteiger partial charge in [0.15, 0.2) is 0 Å². The van der Waals surface area contributed by atoms with Crippen molar-refractivity contribution in [3.63, 3.8) is 0 Å². The minimum absolute atomic E-state index is 0.0104. The van der Waals surface area contributed by atoms with Gasteiger partial charge in [0.2, 0.25) is 11.8 Å². The Morgan fingerprint density at radius 3 is 2.83 bits per heavy atom. The van der Waals surface area contributed by atoms with Crippen LogP contribution in [0.4, 0.5) is 0 Å². The van der Waals surface area contributed by atoms with Crippen molar-refractivity contribution in [1.29, 1.82) is 5.26 Å². The highest BCUT2D eigenvalue weighted by Gasteiger charge is 2.39. The smallest absolute Gasteiger partial charge is 0.255 e. The normalized spacial score (nSPS) is 20.8. The largest absolute Gasteiger partial charge is 0.495 e. The summed E-state index contributed by atoms with van der Waals surface area (Å²) in [5.41, 5.74) is 3.70. The quantitative estimate of drug-likeness (QED) is 0.452. The van der Waals surface area contributed by atoms with Crippen molar-refractivity contribution < 1.29 is 23.9 Å². The summed E-state index contributed by atoms with van der Waals surface area (Å²) in [4.78, 5) is 40.6. The summed E-state index contributed by atoms with van der Waals surface area (Å²) in [6.45, 7) is 2.68. The molecule has 11 nitrogen and oxygen atoms in total. The standard InChI is InChI=1S/C29H28N6O5/c1-39-26-6-2-21(10-19(26)12-30)35-15-18(13-31-35)14-33-9-8-23(17-33)40-22-3-4-24-20(11-22)16-34(29(24)38)25-5-7-27(36)32-28(25)37/h2-4,6,10-11,13,15,23,25H,5,7-9,14,16-17H2,1H3,(H,32,36,37). The van der Waals surface area contributed by atoms with Crippen molar-refractivity contribution in [2.45, 2.75) is 44.5 Å². The van der Waals surface area contributed by atoms with E-state index in [2.05, 4.69) is 21.4 Å². The van der Waals surface area contributed by atoms with Crippen LogP contribution < -0.4 is 14.8 Å². The molecule has 3 aliphatic heterocycles. The molecule has 3 aliphatic rings. The molecule has 0 spiro atoms. The molecule has 1 N–H and O–H groups in total. The number of aromatic nitrogens is 2. The van der Waals surface area contributed by atoms with E-state index in [1.54, 1.807) is 27.8 Å². The lowest BCUT2D eigenvalue weighted by atomic mass is 10.0. The third-order valence-corrected chi connectivity index (χ3v) is 7.64. The van der Waals surface area contributed by atoms with Gasteiger partial charge >= 0.3 is 0 Å². The van der Waals surface area contributed by atoms with Crippen molar-refractivity contribution in [2.75, 3.05) is 20.2 Å². The van der Waals surface area contributed by atoms with Crippen LogP contribution in [0.5, 0.6) is 11.5 Å². The number of hydrogen-bond donors (Lipinski definition) is 1. The second-order valence-electron chi connectivity index (χ2n) is 10.3. The number of nitrogens with one attached hydrogen (secondary N) is 1. The number of amides is 3. The van der Waals surface area contributed by atoms with E-state index in [1.165, 1.54) is 7.11 Å². The Morgan fingerprint density at radius 1 is 1.15 bits per heavy atom. The van der Waals surface area contributed by atoms with E-state index < -0.39 is 11.9 Å². The van der Waals surface area contributed by atoms with E-state index >= 15 is 0 Å². The number of piperidine rings is 1. The third-order valence-electron chi connectivity index (χ3n) is 7.64. The Morgan fingerprint density at radius 2 is 2.02 bits per heavy atom. The Bertz CT molecular complexity index is 1540. The number of carbonyl (C=O) groups is 3. The SMILES string of the molecule is COc1ccc(-n2cc(CN3CCC(Oc4ccc5c(c4)CN(C4CCC(=O)NC4=O)C5=O)C3)cn2)cc1C#N. The highest BCUT2D eigenvalue weighted by Crippen LogP contribution is 2.31. The molecule has 204 valence electrons. The van der Waals surface area contributed by atoms with Crippen molar-refractivity contribution in [2.24, 2.45) is 0 Å². The van der Waals surface area contributed by atoms with Gasteiger partial charge in [-0.15, -0.1) is 0 Å². The molecule has 2 saturated heterocycles. The summed E-state index contributed by atoms with van der Waals surface area (Å²) < 4.78 is 13.3. The molecule has 3 aromatic rings. The van der Waals surface area contributed by atoms with Gasteiger partial charge in [0, 0.05) is 49.9 Å². The van der Waals surface area contributed by atoms with Gasteiger partial charge in [-0.1, -0.05) is 0 Å². The summed E-state index contributed by atoms with van der Waals surface area (Å²) in [6.07, 6.45) is 5.24. The second kappa shape index (κ2) is 10.5. The van der Waals surface area contributed by atoms with Crippen molar-refractivity contribution in [1.82, 2.24) is 24.9 Å². The number of fused-ring (bicyclic) bond motifs is 1. The van der Waals surface area contributed by atoms with Gasteiger partial charge in [0.25, 0.3) is 5.91 Å². The zero-order valence-corrected chi connectivity index (χ0v) is 22.0. The topological polar surface area (TPSA) is 130 Å². The molecular weight excluding hydrogens is 512 g/mol. The third kappa shape index (κ3) is 4.89. The Labute approximate surface area is 230 Å². The molecule has 40 heavy (non-hydrogen) atoms. The van der Waals surface area contributed by atoms with E-state index in [9.17, 15) is 19.6 Å². The van der Waals surface area contributed by atoms with Crippen LogP contribution in [-0.4, -0.2) is 69.6 Å². The molecule has 2 fully saturated rings. The van der Waals surface area contributed by atoms with Crippen LogP contribution in [-0.2, 0) is 22.7 Å². The predicted molar refractivity (Wildman–Crippen MR) is 142 cm³/mol. The monoisotopic (exact) mass is 540 g/mol. The van der Waals surface area contributed by atoms with Crippen molar-refractivity contribution >= 4 is 17.7 Å². The Kier molecular flexibility index (Phi) is 6.69. The molecule has 0 aliphatic carbocycles. The van der Waals surface area contributed by atoms with Crippen molar-refractivity contribution in [3.05, 3.63) is 71.0 Å². The second-order valence-corrected chi connectivity index (χ2v) is 10.3. The van der Waals surface area contributed by atoms with Gasteiger partial charge in [0.05, 0.1) is 24.6 Å². The highest BCUT2D eigenvalue weighted by molar-refractivity contribution is 6.05. The van der Waals surface area contributed by atoms with E-state index in [0.29, 0.717) is 35.6 Å². The Balaban J connectivity index is 1.06. The molecule has 1 aromatic heterocycles. The molecule has 4 heterocycles. The number of nitriles is 1. The van der Waals surface area contributed by atoms with E-state index in [0.717, 1.165) is 42.9 Å². The van der Waals surface area contributed by atoms with E-state index in [-0.39, 0.29) is 24.3 Å². The maximum atomic E-state index is 12.9. The van der Waals surface area contributed by atoms with Crippen LogP contribution in [0.3, 0.4) is 0 Å². The summed E-state index contributed by atoms with van der Waals surface area (Å²) in [5.74, 6) is 0.322. The molecule has 3 amide bonds. The number of hydrogen-bond acceptors (Lipinski definition) is 8. The van der Waals surface area contributed by atoms with Crippen molar-refractivity contribution in [3.8, 4) is 23.3 Å². The molecule has 2 unspecified atom stereocenters. The predicted octanol–water partition coefficient (Wildman–Crippen LogP) is 2.17. The molecule has 0 radical (unpaired) electrons. The van der Waals surface area contributed by atoms with Gasteiger partial charge in [-0.3, -0.25) is 24.6 Å². The average molecular weight is 541 g/mol. The van der Waals surface area contributed by atoms with Crippen LogP contribution in [0.1, 0.15) is 46.3 Å². The minimum atomic E-state index is -0.632. The van der Waals surface area contributed by atoms with Crippen LogP contribution in [0, 0.1) is 11.3 Å². The number of nitrogens with zero attached hydrogens (tertiary/aromatic N) is 5. The molecule has 2 aromatic carbocycles. The lowest BCUT2D eigenvalue weighted by molar-refractivity contribution is -0.136. The summed E-state index contributed by atoms with van der Waals surface area (Å²) in [5, 5.41) is 16.2. The number of methoxy groups -OCH3 is 1. The van der Waals surface area contributed by atoms with Gasteiger partial charge in [-0.05, 0) is 54.8 Å². The first-order valence-electron chi connectivity index (χ1n) is 13.2. The molecule has 0 saturated carbocycles. The molecule has 2 atom stereocenters. The molecule has 6 rings (SSSR count). The summed E-state index contributed by atoms with van der Waals surface area (Å²) in [7, 11) is 1.54. The van der Waals surface area contributed by atoms with Crippen LogP contribution in [0.25, 0.3) is 5.69 Å².